The van der Waals surface area contributed by atoms with Gasteiger partial charge in [0.2, 0.25) is 0 Å². The van der Waals surface area contributed by atoms with Crippen molar-refractivity contribution in [2.75, 3.05) is 52.9 Å². The number of rotatable bonds is 18. The van der Waals surface area contributed by atoms with Crippen molar-refractivity contribution in [1.82, 2.24) is 0 Å². The Morgan fingerprint density at radius 2 is 0.967 bits per heavy atom. The van der Waals surface area contributed by atoms with Gasteiger partial charge in [0.25, 0.3) is 0 Å². The lowest BCUT2D eigenvalue weighted by atomic mass is 9.71. The molecule has 4 aliphatic heterocycles. The zero-order valence-electron chi connectivity index (χ0n) is 35.6. The first-order valence-corrected chi connectivity index (χ1v) is 22.6. The first-order valence-electron chi connectivity index (χ1n) is 22.6. The Balaban J connectivity index is 0.861. The summed E-state index contributed by atoms with van der Waals surface area (Å²) in [4.78, 5) is 0. The van der Waals surface area contributed by atoms with Gasteiger partial charge in [-0.25, -0.2) is 0 Å². The normalized spacial score (nSPS) is 30.8. The predicted octanol–water partition coefficient (Wildman–Crippen LogP) is 9.38. The summed E-state index contributed by atoms with van der Waals surface area (Å²) in [6.07, 6.45) is 5.94. The van der Waals surface area contributed by atoms with Gasteiger partial charge in [-0.3, -0.25) is 0 Å². The van der Waals surface area contributed by atoms with Crippen LogP contribution in [0.25, 0.3) is 0 Å². The van der Waals surface area contributed by atoms with Gasteiger partial charge in [0.1, 0.15) is 73.8 Å². The Morgan fingerprint density at radius 3 is 1.55 bits per heavy atom. The van der Waals surface area contributed by atoms with Crippen LogP contribution in [0.4, 0.5) is 0 Å². The molecule has 7 fully saturated rings. The molecular formula is C52H60O8. The summed E-state index contributed by atoms with van der Waals surface area (Å²) in [6, 6.07) is 31.4. The second kappa shape index (κ2) is 15.4. The van der Waals surface area contributed by atoms with E-state index in [0.29, 0.717) is 50.1 Å². The Bertz CT molecular complexity index is 2160. The van der Waals surface area contributed by atoms with Crippen LogP contribution in [0.2, 0.25) is 0 Å². The molecule has 8 nitrogen and oxygen atoms in total. The minimum atomic E-state index is -0.200. The van der Waals surface area contributed by atoms with Crippen LogP contribution in [0.3, 0.4) is 0 Å². The molecule has 0 spiro atoms. The molecule has 3 saturated carbocycles. The maximum absolute atomic E-state index is 6.62. The van der Waals surface area contributed by atoms with Crippen molar-refractivity contribution in [3.8, 4) is 23.0 Å². The molecule has 60 heavy (non-hydrogen) atoms. The minimum absolute atomic E-state index is 0.190. The van der Waals surface area contributed by atoms with Gasteiger partial charge in [0.05, 0.1) is 26.4 Å². The van der Waals surface area contributed by atoms with E-state index in [0.717, 1.165) is 61.3 Å². The van der Waals surface area contributed by atoms with E-state index in [2.05, 4.69) is 113 Å². The van der Waals surface area contributed by atoms with E-state index < -0.39 is 0 Å². The molecular weight excluding hydrogens is 753 g/mol. The molecule has 8 heteroatoms. The molecule has 10 atom stereocenters. The van der Waals surface area contributed by atoms with E-state index in [-0.39, 0.29) is 35.2 Å². The second-order valence-electron chi connectivity index (χ2n) is 19.9. The summed E-state index contributed by atoms with van der Waals surface area (Å²) < 4.78 is 46.8. The van der Waals surface area contributed by atoms with Crippen LogP contribution < -0.4 is 18.9 Å². The van der Waals surface area contributed by atoms with Crippen LogP contribution in [0.5, 0.6) is 23.0 Å². The Hall–Kier alpha value is -4.08. The van der Waals surface area contributed by atoms with Crippen molar-refractivity contribution in [3.05, 3.63) is 118 Å². The molecule has 4 saturated heterocycles. The van der Waals surface area contributed by atoms with Crippen molar-refractivity contribution < 1.29 is 37.9 Å². The van der Waals surface area contributed by atoms with Crippen LogP contribution in [0, 0.1) is 23.7 Å². The number of ether oxygens (including phenoxy) is 8. The maximum atomic E-state index is 6.62. The van der Waals surface area contributed by atoms with Crippen LogP contribution in [-0.4, -0.2) is 77.3 Å². The number of hydrogen-bond donors (Lipinski definition) is 0. The molecule has 0 radical (unpaired) electrons. The summed E-state index contributed by atoms with van der Waals surface area (Å²) in [5.74, 6) is 7.58. The highest BCUT2D eigenvalue weighted by atomic mass is 16.6. The molecule has 2 bridgehead atoms. The second-order valence-corrected chi connectivity index (χ2v) is 19.9. The van der Waals surface area contributed by atoms with Crippen LogP contribution in [0.1, 0.15) is 98.6 Å². The fourth-order valence-electron chi connectivity index (χ4n) is 11.2. The maximum Gasteiger partial charge on any atom is 0.122 e. The van der Waals surface area contributed by atoms with Gasteiger partial charge >= 0.3 is 0 Å². The van der Waals surface area contributed by atoms with E-state index in [1.807, 2.05) is 0 Å². The van der Waals surface area contributed by atoms with Crippen molar-refractivity contribution in [1.29, 1.82) is 0 Å². The van der Waals surface area contributed by atoms with Crippen molar-refractivity contribution in [2.45, 2.75) is 100 Å². The molecule has 4 aromatic rings. The molecule has 4 heterocycles. The molecule has 0 N–H and O–H groups in total. The molecule has 0 amide bonds. The SMILES string of the molecule is CC(C)(c1ccc(OCC2CO2)cc1)c1ccc(OCC2CO2)c(C2CC3CC2C2CC(c4cc(OCC5CO5)ccc4C(C)(C)c4ccc(OCC5CO5)cc4)CC32)c1. The van der Waals surface area contributed by atoms with Crippen LogP contribution in [0.15, 0.2) is 84.9 Å². The van der Waals surface area contributed by atoms with Crippen LogP contribution >= 0.6 is 0 Å². The van der Waals surface area contributed by atoms with Gasteiger partial charge in [-0.2, -0.15) is 0 Å². The topological polar surface area (TPSA) is 87.0 Å². The smallest absolute Gasteiger partial charge is 0.122 e. The third-order valence-electron chi connectivity index (χ3n) is 15.2. The first kappa shape index (κ1) is 38.8. The highest BCUT2D eigenvalue weighted by molar-refractivity contribution is 5.50. The monoisotopic (exact) mass is 812 g/mol. The molecule has 4 aromatic carbocycles. The summed E-state index contributed by atoms with van der Waals surface area (Å²) in [5, 5.41) is 0. The lowest BCUT2D eigenvalue weighted by molar-refractivity contribution is 0.222. The highest BCUT2D eigenvalue weighted by Crippen LogP contribution is 2.67. The van der Waals surface area contributed by atoms with E-state index in [4.69, 9.17) is 37.9 Å². The highest BCUT2D eigenvalue weighted by Gasteiger charge is 2.57. The van der Waals surface area contributed by atoms with E-state index in [1.165, 1.54) is 59.1 Å². The molecule has 3 aliphatic carbocycles. The zero-order valence-corrected chi connectivity index (χ0v) is 35.6. The molecule has 0 aromatic heterocycles. The Kier molecular flexibility index (Phi) is 9.94. The van der Waals surface area contributed by atoms with Gasteiger partial charge in [-0.1, -0.05) is 70.2 Å². The average molecular weight is 813 g/mol. The van der Waals surface area contributed by atoms with Gasteiger partial charge in [-0.15, -0.1) is 0 Å². The lowest BCUT2D eigenvalue weighted by Gasteiger charge is -2.34. The molecule has 316 valence electrons. The summed E-state index contributed by atoms with van der Waals surface area (Å²) in [6.45, 7) is 15.1. The van der Waals surface area contributed by atoms with Gasteiger partial charge in [0.15, 0.2) is 0 Å². The summed E-state index contributed by atoms with van der Waals surface area (Å²) in [5.41, 5.74) is 7.76. The quantitative estimate of drug-likeness (QED) is 0.0920. The third-order valence-corrected chi connectivity index (χ3v) is 15.2. The van der Waals surface area contributed by atoms with E-state index in [1.54, 1.807) is 0 Å². The van der Waals surface area contributed by atoms with Crippen molar-refractivity contribution >= 4 is 0 Å². The summed E-state index contributed by atoms with van der Waals surface area (Å²) >= 11 is 0. The zero-order chi connectivity index (χ0) is 40.6. The van der Waals surface area contributed by atoms with Crippen LogP contribution in [-0.2, 0) is 29.8 Å². The van der Waals surface area contributed by atoms with Crippen molar-refractivity contribution in [3.63, 3.8) is 0 Å². The Labute approximate surface area is 355 Å². The standard InChI is InChI=1S/C52H60O8/c1-51(2,33-5-10-36(11-6-33)53-23-39-26-56-39)35-9-16-50(60-30-42-29-59-42)48(21-35)47-19-31-18-46(47)45-20-32(17-43(31)45)44-22-38(55-25-41-28-58-41)14-15-49(44)52(3,4)34-7-12-37(13-8-34)54-24-40-27-57-40/h5-16,21-22,31-32,39-43,45-47H,17-20,23-30H2,1-4H3. The fourth-order valence-corrected chi connectivity index (χ4v) is 11.2. The molecule has 10 unspecified atom stereocenters. The largest absolute Gasteiger partial charge is 0.491 e. The number of benzene rings is 4. The lowest BCUT2D eigenvalue weighted by Crippen LogP contribution is -2.25. The average Bonchev–Trinajstić information content (AvgIpc) is 4.06. The first-order chi connectivity index (χ1) is 29.2. The number of hydrogen-bond acceptors (Lipinski definition) is 8. The Morgan fingerprint density at radius 1 is 0.467 bits per heavy atom. The van der Waals surface area contributed by atoms with Gasteiger partial charge < -0.3 is 37.9 Å². The van der Waals surface area contributed by atoms with E-state index in [9.17, 15) is 0 Å². The third kappa shape index (κ3) is 7.94. The number of fused-ring (bicyclic) bond motifs is 5. The fraction of sp³-hybridized carbons (Fsp3) is 0.538. The number of epoxide rings is 4. The summed E-state index contributed by atoms with van der Waals surface area (Å²) in [7, 11) is 0. The van der Waals surface area contributed by atoms with Gasteiger partial charge in [0, 0.05) is 10.8 Å². The molecule has 11 rings (SSSR count). The van der Waals surface area contributed by atoms with Crippen molar-refractivity contribution in [2.24, 2.45) is 23.7 Å². The van der Waals surface area contributed by atoms with Gasteiger partial charge in [-0.05, 0) is 137 Å². The van der Waals surface area contributed by atoms with E-state index >= 15 is 0 Å². The minimum Gasteiger partial charge on any atom is -0.491 e. The molecule has 7 aliphatic rings. The predicted molar refractivity (Wildman–Crippen MR) is 229 cm³/mol.